The number of sulfonamides is 1. The summed E-state index contributed by atoms with van der Waals surface area (Å²) < 4.78 is 28.3. The first-order valence-electron chi connectivity index (χ1n) is 6.56. The highest BCUT2D eigenvalue weighted by Crippen LogP contribution is 2.37. The summed E-state index contributed by atoms with van der Waals surface area (Å²) in [4.78, 5) is 12.7. The molecule has 2 aliphatic heterocycles. The van der Waals surface area contributed by atoms with Crippen LogP contribution in [-0.2, 0) is 10.0 Å². The summed E-state index contributed by atoms with van der Waals surface area (Å²) in [5, 5.41) is 11.0. The number of fused-ring (bicyclic) bond motifs is 3. The molecule has 1 aromatic rings. The lowest BCUT2D eigenvalue weighted by Crippen LogP contribution is -2.35. The van der Waals surface area contributed by atoms with Crippen LogP contribution in [0.4, 0.5) is 5.69 Å². The average molecular weight is 328 g/mol. The van der Waals surface area contributed by atoms with E-state index in [1.807, 2.05) is 4.90 Å². The van der Waals surface area contributed by atoms with Crippen molar-refractivity contribution >= 4 is 39.1 Å². The van der Waals surface area contributed by atoms with E-state index in [0.29, 0.717) is 24.5 Å². The molecule has 0 aliphatic carbocycles. The summed E-state index contributed by atoms with van der Waals surface area (Å²) in [5.74, 6) is -1.01. The smallest absolute Gasteiger partial charge is 0.286 e. The van der Waals surface area contributed by atoms with E-state index < -0.39 is 16.0 Å². The Morgan fingerprint density at radius 2 is 2.05 bits per heavy atom. The first-order chi connectivity index (χ1) is 9.90. The van der Waals surface area contributed by atoms with Gasteiger partial charge < -0.3 is 14.8 Å². The van der Waals surface area contributed by atoms with Gasteiger partial charge in [0.15, 0.2) is 0 Å². The number of hydrogen-bond donors (Lipinski definition) is 0. The van der Waals surface area contributed by atoms with Crippen LogP contribution in [-0.4, -0.2) is 26.8 Å². The van der Waals surface area contributed by atoms with Crippen molar-refractivity contribution in [3.8, 4) is 0 Å². The van der Waals surface area contributed by atoms with Crippen molar-refractivity contribution in [2.45, 2.75) is 30.6 Å². The van der Waals surface area contributed by atoms with Gasteiger partial charge in [0.2, 0.25) is 0 Å². The number of anilines is 1. The van der Waals surface area contributed by atoms with Gasteiger partial charge in [-0.1, -0.05) is 18.0 Å². The third kappa shape index (κ3) is 2.40. The maximum atomic E-state index is 12.3. The number of halogens is 1. The molecule has 2 aliphatic rings. The van der Waals surface area contributed by atoms with Crippen molar-refractivity contribution in [3.63, 3.8) is 0 Å². The maximum Gasteiger partial charge on any atom is 0.286 e. The molecular weight excluding hydrogens is 316 g/mol. The molecule has 0 spiro atoms. The molecule has 21 heavy (non-hydrogen) atoms. The number of rotatable bonds is 1. The van der Waals surface area contributed by atoms with E-state index in [9.17, 15) is 18.3 Å². The van der Waals surface area contributed by atoms with Crippen molar-refractivity contribution in [2.24, 2.45) is 4.40 Å². The topological polar surface area (TPSA) is 89.9 Å². The molecule has 0 saturated carbocycles. The van der Waals surface area contributed by atoms with E-state index in [4.69, 9.17) is 11.6 Å². The van der Waals surface area contributed by atoms with Gasteiger partial charge in [-0.2, -0.15) is 8.42 Å². The molecule has 1 fully saturated rings. The van der Waals surface area contributed by atoms with E-state index in [-0.39, 0.29) is 15.5 Å². The predicted molar refractivity (Wildman–Crippen MR) is 76.2 cm³/mol. The SMILES string of the molecule is O=C([O-])c1cc2c(cc1Cl)N1CCCCCC1=NS2(=O)=O. The minimum absolute atomic E-state index is 0.0329. The Morgan fingerprint density at radius 3 is 2.76 bits per heavy atom. The highest BCUT2D eigenvalue weighted by atomic mass is 35.5. The molecule has 0 bridgehead atoms. The van der Waals surface area contributed by atoms with E-state index >= 15 is 0 Å². The summed E-state index contributed by atoms with van der Waals surface area (Å²) in [6, 6.07) is 2.41. The Morgan fingerprint density at radius 1 is 1.29 bits per heavy atom. The fourth-order valence-electron chi connectivity index (χ4n) is 2.65. The van der Waals surface area contributed by atoms with Crippen molar-refractivity contribution in [3.05, 3.63) is 22.7 Å². The lowest BCUT2D eigenvalue weighted by molar-refractivity contribution is -0.255. The van der Waals surface area contributed by atoms with E-state index in [0.717, 1.165) is 25.3 Å². The molecule has 8 heteroatoms. The number of amidine groups is 1. The zero-order valence-corrected chi connectivity index (χ0v) is 12.6. The van der Waals surface area contributed by atoms with Crippen molar-refractivity contribution in [2.75, 3.05) is 11.4 Å². The van der Waals surface area contributed by atoms with Crippen LogP contribution in [0.1, 0.15) is 36.0 Å². The number of nitrogens with zero attached hydrogens (tertiary/aromatic N) is 2. The summed E-state index contributed by atoms with van der Waals surface area (Å²) >= 11 is 5.94. The summed E-state index contributed by atoms with van der Waals surface area (Å²) in [5.41, 5.74) is 0.0596. The van der Waals surface area contributed by atoms with Crippen molar-refractivity contribution < 1.29 is 18.3 Å². The van der Waals surface area contributed by atoms with Gasteiger partial charge in [-0.25, -0.2) is 0 Å². The lowest BCUT2D eigenvalue weighted by Gasteiger charge is -2.30. The quantitative estimate of drug-likeness (QED) is 0.772. The van der Waals surface area contributed by atoms with Gasteiger partial charge >= 0.3 is 0 Å². The summed E-state index contributed by atoms with van der Waals surface area (Å²) in [7, 11) is -3.90. The van der Waals surface area contributed by atoms with Crippen LogP contribution in [0.3, 0.4) is 0 Å². The largest absolute Gasteiger partial charge is 0.545 e. The van der Waals surface area contributed by atoms with Gasteiger partial charge in [0, 0.05) is 18.5 Å². The molecule has 0 unspecified atom stereocenters. The standard InChI is InChI=1S/C13H13ClN2O4S/c14-9-7-10-11(6-8(9)13(17)18)21(19,20)15-12-4-2-1-3-5-16(10)12/h6-7H,1-5H2,(H,17,18)/p-1. The van der Waals surface area contributed by atoms with E-state index in [2.05, 4.69) is 4.40 Å². The molecule has 0 atom stereocenters. The maximum absolute atomic E-state index is 12.3. The summed E-state index contributed by atoms with van der Waals surface area (Å²) in [6.45, 7) is 0.641. The zero-order chi connectivity index (χ0) is 15.2. The van der Waals surface area contributed by atoms with Gasteiger partial charge in [0.25, 0.3) is 10.0 Å². The second-order valence-corrected chi connectivity index (χ2v) is 7.01. The van der Waals surface area contributed by atoms with Crippen LogP contribution in [0.15, 0.2) is 21.4 Å². The van der Waals surface area contributed by atoms with Crippen LogP contribution in [0.5, 0.6) is 0 Å². The van der Waals surface area contributed by atoms with Gasteiger partial charge in [0.1, 0.15) is 10.7 Å². The minimum Gasteiger partial charge on any atom is -0.545 e. The van der Waals surface area contributed by atoms with Gasteiger partial charge in [-0.05, 0) is 25.0 Å². The Bertz CT molecular complexity index is 758. The van der Waals surface area contributed by atoms with Gasteiger partial charge in [0.05, 0.1) is 16.7 Å². The van der Waals surface area contributed by atoms with Gasteiger partial charge in [-0.3, -0.25) is 0 Å². The van der Waals surface area contributed by atoms with Crippen molar-refractivity contribution in [1.29, 1.82) is 0 Å². The van der Waals surface area contributed by atoms with Crippen LogP contribution < -0.4 is 10.0 Å². The third-order valence-electron chi connectivity index (χ3n) is 3.66. The Hall–Kier alpha value is -1.60. The number of carboxylic acids is 1. The average Bonchev–Trinajstić information content (AvgIpc) is 2.62. The fourth-order valence-corrected chi connectivity index (χ4v) is 4.15. The Balaban J connectivity index is 2.24. The number of aromatic carboxylic acids is 1. The molecule has 6 nitrogen and oxygen atoms in total. The first-order valence-corrected chi connectivity index (χ1v) is 8.38. The summed E-state index contributed by atoms with van der Waals surface area (Å²) in [6.07, 6.45) is 3.37. The number of benzene rings is 1. The molecule has 1 aromatic carbocycles. The molecule has 0 radical (unpaired) electrons. The van der Waals surface area contributed by atoms with E-state index in [1.54, 1.807) is 0 Å². The first kappa shape index (κ1) is 14.3. The zero-order valence-electron chi connectivity index (χ0n) is 11.0. The monoisotopic (exact) mass is 327 g/mol. The molecule has 0 amide bonds. The molecule has 1 saturated heterocycles. The minimum atomic E-state index is -3.90. The van der Waals surface area contributed by atoms with Crippen LogP contribution >= 0.6 is 11.6 Å². The van der Waals surface area contributed by atoms with Crippen LogP contribution in [0.2, 0.25) is 5.02 Å². The normalized spacial score (nSPS) is 20.0. The molecule has 3 rings (SSSR count). The van der Waals surface area contributed by atoms with Crippen LogP contribution in [0.25, 0.3) is 0 Å². The second kappa shape index (κ2) is 4.99. The highest BCUT2D eigenvalue weighted by molar-refractivity contribution is 7.90. The Kier molecular flexibility index (Phi) is 3.41. The number of carbonyl (C=O) groups is 1. The Labute approximate surface area is 127 Å². The third-order valence-corrected chi connectivity index (χ3v) is 5.30. The highest BCUT2D eigenvalue weighted by Gasteiger charge is 2.32. The fraction of sp³-hybridized carbons (Fsp3) is 0.385. The van der Waals surface area contributed by atoms with Gasteiger partial charge in [-0.15, -0.1) is 4.40 Å². The van der Waals surface area contributed by atoms with Crippen LogP contribution in [0, 0.1) is 0 Å². The number of carbonyl (C=O) groups excluding carboxylic acids is 1. The molecule has 112 valence electrons. The predicted octanol–water partition coefficient (Wildman–Crippen LogP) is 1.18. The lowest BCUT2D eigenvalue weighted by atomic mass is 10.1. The number of hydrogen-bond acceptors (Lipinski definition) is 5. The molecule has 0 aromatic heterocycles. The van der Waals surface area contributed by atoms with Crippen molar-refractivity contribution in [1.82, 2.24) is 0 Å². The molecular formula is C13H12ClN2O4S-. The number of carboxylic acid groups (broad SMARTS) is 1. The second-order valence-electron chi connectivity index (χ2n) is 5.03. The molecule has 0 N–H and O–H groups in total. The molecule has 2 heterocycles. The van der Waals surface area contributed by atoms with E-state index in [1.165, 1.54) is 6.07 Å².